The first kappa shape index (κ1) is 17.7. The number of benzene rings is 1. The highest BCUT2D eigenvalue weighted by molar-refractivity contribution is 6.30. The molecular weight excluding hydrogens is 334 g/mol. The summed E-state index contributed by atoms with van der Waals surface area (Å²) in [5.74, 6) is 0.879. The van der Waals surface area contributed by atoms with Gasteiger partial charge in [0.2, 0.25) is 0 Å². The first-order valence-corrected chi connectivity index (χ1v) is 9.18. The molecule has 25 heavy (non-hydrogen) atoms. The molecule has 0 amide bonds. The number of rotatable bonds is 5. The molecule has 1 aliphatic rings. The van der Waals surface area contributed by atoms with Crippen molar-refractivity contribution < 1.29 is 0 Å². The smallest absolute Gasteiger partial charge is 0.191 e. The van der Waals surface area contributed by atoms with Crippen LogP contribution in [-0.2, 0) is 13.6 Å². The van der Waals surface area contributed by atoms with Crippen molar-refractivity contribution in [1.29, 1.82) is 0 Å². The van der Waals surface area contributed by atoms with Crippen molar-refractivity contribution in [1.82, 2.24) is 15.2 Å². The predicted octanol–water partition coefficient (Wildman–Crippen LogP) is 3.01. The zero-order valence-electron chi connectivity index (χ0n) is 14.9. The van der Waals surface area contributed by atoms with Crippen LogP contribution in [0, 0.1) is 0 Å². The first-order chi connectivity index (χ1) is 12.1. The number of hydrogen-bond acceptors (Lipinski definition) is 2. The molecule has 6 heteroatoms. The van der Waals surface area contributed by atoms with E-state index < -0.39 is 0 Å². The molecule has 0 spiro atoms. The minimum absolute atomic E-state index is 0.382. The van der Waals surface area contributed by atoms with Gasteiger partial charge in [0.25, 0.3) is 0 Å². The minimum Gasteiger partial charge on any atom is -0.369 e. The van der Waals surface area contributed by atoms with Gasteiger partial charge in [0, 0.05) is 55.8 Å². The maximum Gasteiger partial charge on any atom is 0.191 e. The summed E-state index contributed by atoms with van der Waals surface area (Å²) in [6.45, 7) is 5.60. The Hall–Kier alpha value is -2.14. The fourth-order valence-corrected chi connectivity index (χ4v) is 3.31. The van der Waals surface area contributed by atoms with Crippen molar-refractivity contribution in [2.45, 2.75) is 25.9 Å². The van der Waals surface area contributed by atoms with Gasteiger partial charge in [0.15, 0.2) is 5.96 Å². The summed E-state index contributed by atoms with van der Waals surface area (Å²) in [5.41, 5.74) is 2.40. The van der Waals surface area contributed by atoms with Crippen LogP contribution in [0.15, 0.2) is 47.7 Å². The van der Waals surface area contributed by atoms with Gasteiger partial charge in [-0.05, 0) is 43.2 Å². The zero-order chi connectivity index (χ0) is 17.6. The zero-order valence-corrected chi connectivity index (χ0v) is 15.6. The second-order valence-electron chi connectivity index (χ2n) is 6.44. The van der Waals surface area contributed by atoms with E-state index in [4.69, 9.17) is 16.6 Å². The second-order valence-corrected chi connectivity index (χ2v) is 6.87. The van der Waals surface area contributed by atoms with E-state index in [-0.39, 0.29) is 0 Å². The van der Waals surface area contributed by atoms with Crippen molar-refractivity contribution in [2.24, 2.45) is 12.0 Å². The van der Waals surface area contributed by atoms with Crippen LogP contribution in [0.2, 0.25) is 5.02 Å². The molecule has 0 bridgehead atoms. The molecule has 0 saturated carbocycles. The lowest BCUT2D eigenvalue weighted by molar-refractivity contribution is 0.649. The molecule has 2 aromatic rings. The number of nitrogens with zero attached hydrogens (tertiary/aromatic N) is 3. The van der Waals surface area contributed by atoms with E-state index in [0.29, 0.717) is 12.6 Å². The van der Waals surface area contributed by atoms with Crippen LogP contribution < -0.4 is 15.5 Å². The highest BCUT2D eigenvalue weighted by Gasteiger charge is 2.23. The molecule has 3 rings (SSSR count). The number of guanidine groups is 1. The van der Waals surface area contributed by atoms with Gasteiger partial charge >= 0.3 is 0 Å². The van der Waals surface area contributed by atoms with Crippen molar-refractivity contribution in [3.05, 3.63) is 53.3 Å². The molecule has 1 unspecified atom stereocenters. The number of aryl methyl sites for hydroxylation is 1. The average molecular weight is 360 g/mol. The Morgan fingerprint density at radius 3 is 2.96 bits per heavy atom. The van der Waals surface area contributed by atoms with Gasteiger partial charge in [-0.15, -0.1) is 0 Å². The van der Waals surface area contributed by atoms with Gasteiger partial charge in [-0.1, -0.05) is 17.7 Å². The van der Waals surface area contributed by atoms with Gasteiger partial charge in [0.05, 0.1) is 6.54 Å². The van der Waals surface area contributed by atoms with Gasteiger partial charge in [-0.3, -0.25) is 0 Å². The minimum atomic E-state index is 0.382. The quantitative estimate of drug-likeness (QED) is 0.637. The van der Waals surface area contributed by atoms with Crippen LogP contribution in [0.5, 0.6) is 0 Å². The Morgan fingerprint density at radius 2 is 2.24 bits per heavy atom. The lowest BCUT2D eigenvalue weighted by Crippen LogP contribution is -2.44. The summed E-state index contributed by atoms with van der Waals surface area (Å²) in [4.78, 5) is 7.08. The van der Waals surface area contributed by atoms with Crippen molar-refractivity contribution in [3.8, 4) is 0 Å². The molecule has 2 heterocycles. The van der Waals surface area contributed by atoms with Crippen LogP contribution in [0.25, 0.3) is 0 Å². The van der Waals surface area contributed by atoms with Gasteiger partial charge in [0.1, 0.15) is 0 Å². The topological polar surface area (TPSA) is 44.6 Å². The second kappa shape index (κ2) is 8.30. The Kier molecular flexibility index (Phi) is 5.87. The SMILES string of the molecule is CCNC(=NCc1ccn(C)c1)NC1CCN(c2cccc(Cl)c2)C1. The normalized spacial score (nSPS) is 17.8. The fourth-order valence-electron chi connectivity index (χ4n) is 3.12. The Balaban J connectivity index is 1.59. The monoisotopic (exact) mass is 359 g/mol. The largest absolute Gasteiger partial charge is 0.369 e. The van der Waals surface area contributed by atoms with Crippen molar-refractivity contribution >= 4 is 23.2 Å². The molecule has 1 fully saturated rings. The first-order valence-electron chi connectivity index (χ1n) is 8.80. The molecule has 5 nitrogen and oxygen atoms in total. The van der Waals surface area contributed by atoms with Crippen molar-refractivity contribution in [3.63, 3.8) is 0 Å². The molecule has 1 aliphatic heterocycles. The molecule has 1 aromatic heterocycles. The van der Waals surface area contributed by atoms with E-state index in [2.05, 4.69) is 40.8 Å². The summed E-state index contributed by atoms with van der Waals surface area (Å²) in [5, 5.41) is 7.69. The third kappa shape index (κ3) is 4.92. The summed E-state index contributed by atoms with van der Waals surface area (Å²) in [7, 11) is 2.03. The maximum atomic E-state index is 6.11. The molecule has 1 atom stereocenters. The molecule has 1 aromatic carbocycles. The summed E-state index contributed by atoms with van der Waals surface area (Å²) >= 11 is 6.11. The van der Waals surface area contributed by atoms with Crippen LogP contribution in [0.1, 0.15) is 18.9 Å². The van der Waals surface area contributed by atoms with E-state index in [1.165, 1.54) is 11.3 Å². The van der Waals surface area contributed by atoms with E-state index in [0.717, 1.165) is 37.0 Å². The molecule has 1 saturated heterocycles. The summed E-state index contributed by atoms with van der Waals surface area (Å²) < 4.78 is 2.05. The molecule has 134 valence electrons. The molecular formula is C19H26ClN5. The van der Waals surface area contributed by atoms with Gasteiger partial charge in [-0.25, -0.2) is 4.99 Å². The van der Waals surface area contributed by atoms with E-state index in [1.54, 1.807) is 0 Å². The van der Waals surface area contributed by atoms with E-state index in [9.17, 15) is 0 Å². The number of nitrogens with one attached hydrogen (secondary N) is 2. The van der Waals surface area contributed by atoms with Gasteiger partial charge in [-0.2, -0.15) is 0 Å². The summed E-state index contributed by atoms with van der Waals surface area (Å²) in [6.07, 6.45) is 5.23. The lowest BCUT2D eigenvalue weighted by Gasteiger charge is -2.20. The van der Waals surface area contributed by atoms with Crippen LogP contribution in [0.3, 0.4) is 0 Å². The highest BCUT2D eigenvalue weighted by Crippen LogP contribution is 2.23. The standard InChI is InChI=1S/C19H26ClN5/c1-3-21-19(22-12-15-7-9-24(2)13-15)23-17-8-10-25(14-17)18-6-4-5-16(20)11-18/h4-7,9,11,13,17H,3,8,10,12,14H2,1-2H3,(H2,21,22,23). The van der Waals surface area contributed by atoms with Crippen LogP contribution >= 0.6 is 11.6 Å². The number of hydrogen-bond donors (Lipinski definition) is 2. The fraction of sp³-hybridized carbons (Fsp3) is 0.421. The van der Waals surface area contributed by atoms with Crippen LogP contribution in [-0.4, -0.2) is 36.2 Å². The Bertz CT molecular complexity index is 724. The molecule has 0 aliphatic carbocycles. The predicted molar refractivity (Wildman–Crippen MR) is 105 cm³/mol. The third-order valence-corrected chi connectivity index (χ3v) is 4.59. The summed E-state index contributed by atoms with van der Waals surface area (Å²) in [6, 6.07) is 10.5. The maximum absolute atomic E-state index is 6.11. The average Bonchev–Trinajstić information content (AvgIpc) is 3.22. The van der Waals surface area contributed by atoms with Crippen molar-refractivity contribution in [2.75, 3.05) is 24.5 Å². The molecule has 2 N–H and O–H groups in total. The van der Waals surface area contributed by atoms with E-state index in [1.807, 2.05) is 36.0 Å². The lowest BCUT2D eigenvalue weighted by atomic mass is 10.2. The highest BCUT2D eigenvalue weighted by atomic mass is 35.5. The third-order valence-electron chi connectivity index (χ3n) is 4.36. The number of halogens is 1. The van der Waals surface area contributed by atoms with E-state index >= 15 is 0 Å². The molecule has 0 radical (unpaired) electrons. The number of aliphatic imine (C=N–C) groups is 1. The number of aromatic nitrogens is 1. The van der Waals surface area contributed by atoms with Gasteiger partial charge < -0.3 is 20.1 Å². The van der Waals surface area contributed by atoms with Crippen LogP contribution in [0.4, 0.5) is 5.69 Å². The number of anilines is 1. The Morgan fingerprint density at radius 1 is 1.36 bits per heavy atom. The Labute approximate surface area is 154 Å².